The molecule has 0 bridgehead atoms. The van der Waals surface area contributed by atoms with Gasteiger partial charge < -0.3 is 0 Å². The van der Waals surface area contributed by atoms with Crippen LogP contribution in [-0.2, 0) is 0 Å². The summed E-state index contributed by atoms with van der Waals surface area (Å²) in [5.74, 6) is 0. The van der Waals surface area contributed by atoms with Crippen LogP contribution in [-0.4, -0.2) is 0 Å². The van der Waals surface area contributed by atoms with E-state index in [2.05, 4.69) is 100 Å². The lowest BCUT2D eigenvalue weighted by Gasteiger charge is -2.03. The Morgan fingerprint density at radius 2 is 0.917 bits per heavy atom. The summed E-state index contributed by atoms with van der Waals surface area (Å²) in [6.07, 6.45) is 0. The Morgan fingerprint density at radius 1 is 0.458 bits per heavy atom. The lowest BCUT2D eigenvalue weighted by Crippen LogP contribution is -1.80. The van der Waals surface area contributed by atoms with E-state index in [1.54, 1.807) is 0 Å². The van der Waals surface area contributed by atoms with Gasteiger partial charge in [0.25, 0.3) is 0 Å². The van der Waals surface area contributed by atoms with Gasteiger partial charge in [0, 0.05) is 0 Å². The molecule has 0 atom stereocenters. The van der Waals surface area contributed by atoms with E-state index in [0.29, 0.717) is 0 Å². The molecule has 0 aromatic heterocycles. The summed E-state index contributed by atoms with van der Waals surface area (Å²) in [6, 6.07) is 26.0. The molecule has 0 spiro atoms. The molecule has 120 valence electrons. The van der Waals surface area contributed by atoms with E-state index in [-0.39, 0.29) is 0 Å². The van der Waals surface area contributed by atoms with Crippen molar-refractivity contribution in [2.45, 2.75) is 27.7 Å². The summed E-state index contributed by atoms with van der Waals surface area (Å²) in [5.41, 5.74) is 5.37. The van der Waals surface area contributed by atoms with Gasteiger partial charge in [0.15, 0.2) is 0 Å². The number of hydrogen-bond donors (Lipinski definition) is 0. The first-order valence-electron chi connectivity index (χ1n) is 8.46. The van der Waals surface area contributed by atoms with Gasteiger partial charge in [-0.15, -0.1) is 0 Å². The van der Waals surface area contributed by atoms with Gasteiger partial charge in [-0.1, -0.05) is 83.9 Å². The van der Waals surface area contributed by atoms with E-state index >= 15 is 0 Å². The predicted molar refractivity (Wildman–Crippen MR) is 107 cm³/mol. The summed E-state index contributed by atoms with van der Waals surface area (Å²) in [5, 5.41) is 5.41. The summed E-state index contributed by atoms with van der Waals surface area (Å²) < 4.78 is 0. The molecule has 0 unspecified atom stereocenters. The highest BCUT2D eigenvalue weighted by Crippen LogP contribution is 2.20. The third kappa shape index (κ3) is 3.49. The SMILES string of the molecule is Cc1ccc2ccc(C)cc2c1.Cc1cccc2c(C)cccc12. The molecule has 4 aromatic rings. The first-order chi connectivity index (χ1) is 11.5. The molecule has 0 radical (unpaired) electrons. The van der Waals surface area contributed by atoms with E-state index in [4.69, 9.17) is 0 Å². The average Bonchev–Trinajstić information content (AvgIpc) is 2.56. The Bertz CT molecular complexity index is 915. The Hall–Kier alpha value is -2.60. The maximum Gasteiger partial charge on any atom is -0.0152 e. The smallest absolute Gasteiger partial charge is 0.0152 e. The molecule has 0 aliphatic carbocycles. The Labute approximate surface area is 144 Å². The summed E-state index contributed by atoms with van der Waals surface area (Å²) >= 11 is 0. The first kappa shape index (κ1) is 16.3. The van der Waals surface area contributed by atoms with Gasteiger partial charge in [0.05, 0.1) is 0 Å². The van der Waals surface area contributed by atoms with Gasteiger partial charge in [-0.05, 0) is 60.4 Å². The Kier molecular flexibility index (Phi) is 4.66. The maximum atomic E-state index is 2.22. The third-order valence-corrected chi connectivity index (χ3v) is 4.51. The quantitative estimate of drug-likeness (QED) is 0.331. The molecule has 24 heavy (non-hydrogen) atoms. The monoisotopic (exact) mass is 312 g/mol. The molecule has 0 amide bonds. The van der Waals surface area contributed by atoms with E-state index < -0.39 is 0 Å². The van der Waals surface area contributed by atoms with Gasteiger partial charge >= 0.3 is 0 Å². The molecule has 0 saturated carbocycles. The lowest BCUT2D eigenvalue weighted by atomic mass is 10.0. The standard InChI is InChI=1S/2C12H12/c1-9-3-5-11-6-4-10(2)8-12(11)7-9;1-9-5-3-8-12-10(2)6-4-7-11(9)12/h2*3-8H,1-2H3. The van der Waals surface area contributed by atoms with Gasteiger partial charge in [-0.2, -0.15) is 0 Å². The fourth-order valence-corrected chi connectivity index (χ4v) is 3.11. The largest absolute Gasteiger partial charge is 0.0614 e. The molecule has 0 N–H and O–H groups in total. The highest BCUT2D eigenvalue weighted by atomic mass is 14.0. The van der Waals surface area contributed by atoms with Crippen molar-refractivity contribution in [3.8, 4) is 0 Å². The van der Waals surface area contributed by atoms with E-state index in [1.165, 1.54) is 43.8 Å². The minimum Gasteiger partial charge on any atom is -0.0614 e. The number of fused-ring (bicyclic) bond motifs is 2. The minimum absolute atomic E-state index is 1.33. The van der Waals surface area contributed by atoms with Crippen LogP contribution >= 0.6 is 0 Å². The molecule has 4 rings (SSSR count). The van der Waals surface area contributed by atoms with Crippen molar-refractivity contribution >= 4 is 21.5 Å². The van der Waals surface area contributed by atoms with Crippen molar-refractivity contribution in [2.24, 2.45) is 0 Å². The van der Waals surface area contributed by atoms with Crippen LogP contribution in [0.5, 0.6) is 0 Å². The molecule has 0 saturated heterocycles. The number of rotatable bonds is 0. The predicted octanol–water partition coefficient (Wildman–Crippen LogP) is 6.91. The zero-order valence-electron chi connectivity index (χ0n) is 14.9. The zero-order valence-corrected chi connectivity index (χ0v) is 14.9. The van der Waals surface area contributed by atoms with Crippen molar-refractivity contribution in [3.63, 3.8) is 0 Å². The van der Waals surface area contributed by atoms with Gasteiger partial charge in [-0.3, -0.25) is 0 Å². The van der Waals surface area contributed by atoms with Crippen LogP contribution in [0.3, 0.4) is 0 Å². The van der Waals surface area contributed by atoms with Crippen molar-refractivity contribution in [2.75, 3.05) is 0 Å². The second-order valence-corrected chi connectivity index (χ2v) is 6.60. The van der Waals surface area contributed by atoms with Crippen LogP contribution in [0, 0.1) is 27.7 Å². The second kappa shape index (κ2) is 6.88. The summed E-state index contributed by atoms with van der Waals surface area (Å²) in [6.45, 7) is 8.56. The van der Waals surface area contributed by atoms with Gasteiger partial charge in [0.2, 0.25) is 0 Å². The Balaban J connectivity index is 0.000000141. The maximum absolute atomic E-state index is 2.22. The molecule has 0 nitrogen and oxygen atoms in total. The van der Waals surface area contributed by atoms with Crippen molar-refractivity contribution in [1.29, 1.82) is 0 Å². The Morgan fingerprint density at radius 3 is 1.38 bits per heavy atom. The van der Waals surface area contributed by atoms with Crippen LogP contribution in [0.25, 0.3) is 21.5 Å². The third-order valence-electron chi connectivity index (χ3n) is 4.51. The fourth-order valence-electron chi connectivity index (χ4n) is 3.11. The molecule has 0 fully saturated rings. The highest BCUT2D eigenvalue weighted by Gasteiger charge is 1.97. The molecule has 0 aliphatic rings. The van der Waals surface area contributed by atoms with Gasteiger partial charge in [0.1, 0.15) is 0 Å². The normalized spacial score (nSPS) is 10.5. The van der Waals surface area contributed by atoms with E-state index in [1.807, 2.05) is 0 Å². The zero-order chi connectivity index (χ0) is 17.1. The average molecular weight is 312 g/mol. The van der Waals surface area contributed by atoms with Crippen molar-refractivity contribution in [1.82, 2.24) is 0 Å². The van der Waals surface area contributed by atoms with Crippen LogP contribution in [0.4, 0.5) is 0 Å². The van der Waals surface area contributed by atoms with Crippen LogP contribution in [0.2, 0.25) is 0 Å². The molecular weight excluding hydrogens is 288 g/mol. The molecular formula is C24H24. The van der Waals surface area contributed by atoms with Crippen LogP contribution in [0.15, 0.2) is 72.8 Å². The van der Waals surface area contributed by atoms with E-state index in [0.717, 1.165) is 0 Å². The van der Waals surface area contributed by atoms with Crippen LogP contribution in [0.1, 0.15) is 22.3 Å². The van der Waals surface area contributed by atoms with Crippen molar-refractivity contribution < 1.29 is 0 Å². The number of hydrogen-bond acceptors (Lipinski definition) is 0. The lowest BCUT2D eigenvalue weighted by molar-refractivity contribution is 1.47. The van der Waals surface area contributed by atoms with Gasteiger partial charge in [-0.25, -0.2) is 0 Å². The molecule has 4 aromatic carbocycles. The first-order valence-corrected chi connectivity index (χ1v) is 8.46. The van der Waals surface area contributed by atoms with Crippen molar-refractivity contribution in [3.05, 3.63) is 95.1 Å². The topological polar surface area (TPSA) is 0 Å². The number of benzene rings is 4. The molecule has 0 heteroatoms. The number of aryl methyl sites for hydroxylation is 4. The summed E-state index contributed by atoms with van der Waals surface area (Å²) in [7, 11) is 0. The minimum atomic E-state index is 1.33. The molecule has 0 heterocycles. The van der Waals surface area contributed by atoms with E-state index in [9.17, 15) is 0 Å². The summed E-state index contributed by atoms with van der Waals surface area (Å²) in [4.78, 5) is 0. The second-order valence-electron chi connectivity index (χ2n) is 6.60. The highest BCUT2D eigenvalue weighted by molar-refractivity contribution is 5.88. The fraction of sp³-hybridized carbons (Fsp3) is 0.167. The molecule has 0 aliphatic heterocycles. The van der Waals surface area contributed by atoms with Crippen LogP contribution < -0.4 is 0 Å².